The predicted molar refractivity (Wildman–Crippen MR) is 68.9 cm³/mol. The van der Waals surface area contributed by atoms with Crippen LogP contribution in [-0.2, 0) is 5.72 Å². The van der Waals surface area contributed by atoms with Gasteiger partial charge in [-0.1, -0.05) is 19.3 Å². The van der Waals surface area contributed by atoms with Crippen molar-refractivity contribution < 1.29 is 10.0 Å². The smallest absolute Gasteiger partial charge is 0.259 e. The Balaban J connectivity index is 2.21. The molecule has 1 saturated carbocycles. The number of hydrogen-bond acceptors (Lipinski definition) is 5. The second-order valence-electron chi connectivity index (χ2n) is 5.14. The van der Waals surface area contributed by atoms with Gasteiger partial charge in [0.1, 0.15) is 0 Å². The molecule has 1 aliphatic rings. The summed E-state index contributed by atoms with van der Waals surface area (Å²) in [6.07, 6.45) is 8.23. The van der Waals surface area contributed by atoms with E-state index in [1.165, 1.54) is 19.5 Å². The van der Waals surface area contributed by atoms with Crippen LogP contribution in [0.2, 0.25) is 0 Å². The third-order valence-corrected chi connectivity index (χ3v) is 3.81. The second-order valence-corrected chi connectivity index (χ2v) is 5.14. The molecule has 106 valence electrons. The molecule has 1 aromatic heterocycles. The zero-order valence-corrected chi connectivity index (χ0v) is 11.0. The van der Waals surface area contributed by atoms with E-state index in [0.717, 1.165) is 25.7 Å². The van der Waals surface area contributed by atoms with Gasteiger partial charge in [-0.3, -0.25) is 15.4 Å². The molecule has 0 spiro atoms. The Morgan fingerprint density at radius 1 is 1.58 bits per heavy atom. The topological polar surface area (TPSA) is 104 Å². The summed E-state index contributed by atoms with van der Waals surface area (Å²) in [5.74, 6) is 0.197. The maximum Gasteiger partial charge on any atom is 0.259 e. The molecule has 2 unspecified atom stereocenters. The van der Waals surface area contributed by atoms with Crippen LogP contribution in [0.25, 0.3) is 0 Å². The third-order valence-electron chi connectivity index (χ3n) is 3.81. The van der Waals surface area contributed by atoms with Crippen molar-refractivity contribution in [3.63, 3.8) is 0 Å². The quantitative estimate of drug-likeness (QED) is 0.422. The summed E-state index contributed by atoms with van der Waals surface area (Å²) in [5.41, 5.74) is -1.75. The lowest BCUT2D eigenvalue weighted by molar-refractivity contribution is -0.547. The fourth-order valence-electron chi connectivity index (χ4n) is 2.57. The molecular weight excluding hydrogens is 248 g/mol. The van der Waals surface area contributed by atoms with E-state index in [9.17, 15) is 15.2 Å². The molecule has 3 N–H and O–H groups in total. The highest BCUT2D eigenvalue weighted by atomic mass is 16.6. The summed E-state index contributed by atoms with van der Waals surface area (Å²) in [5, 5.41) is 24.8. The average molecular weight is 268 g/mol. The van der Waals surface area contributed by atoms with Crippen molar-refractivity contribution in [2.75, 3.05) is 0 Å². The Morgan fingerprint density at radius 2 is 2.26 bits per heavy atom. The molecule has 1 heterocycles. The van der Waals surface area contributed by atoms with Gasteiger partial charge in [0.2, 0.25) is 5.72 Å². The molecule has 0 radical (unpaired) electrons. The average Bonchev–Trinajstić information content (AvgIpc) is 2.93. The maximum absolute atomic E-state index is 11.0. The number of aliphatic hydroxyl groups is 1. The van der Waals surface area contributed by atoms with Crippen molar-refractivity contribution in [1.82, 2.24) is 15.3 Å². The Hall–Kier alpha value is -1.47. The van der Waals surface area contributed by atoms with E-state index in [0.29, 0.717) is 0 Å². The van der Waals surface area contributed by atoms with Gasteiger partial charge in [-0.15, -0.1) is 0 Å². The van der Waals surface area contributed by atoms with E-state index in [1.807, 2.05) is 0 Å². The van der Waals surface area contributed by atoms with Gasteiger partial charge >= 0.3 is 0 Å². The lowest BCUT2D eigenvalue weighted by atomic mass is 9.93. The largest absolute Gasteiger partial charge is 0.364 e. The van der Waals surface area contributed by atoms with E-state index < -0.39 is 16.7 Å². The first-order valence-corrected chi connectivity index (χ1v) is 6.67. The van der Waals surface area contributed by atoms with Gasteiger partial charge in [0.25, 0.3) is 6.04 Å². The zero-order valence-electron chi connectivity index (χ0n) is 11.0. The first-order chi connectivity index (χ1) is 9.04. The van der Waals surface area contributed by atoms with Gasteiger partial charge in [0.15, 0.2) is 5.82 Å². The Kier molecular flexibility index (Phi) is 4.16. The normalized spacial score (nSPS) is 21.8. The summed E-state index contributed by atoms with van der Waals surface area (Å²) in [6, 6.07) is -1.09. The minimum Gasteiger partial charge on any atom is -0.364 e. The van der Waals surface area contributed by atoms with Crippen LogP contribution < -0.4 is 5.32 Å². The molecule has 2 rings (SSSR count). The molecule has 1 aliphatic carbocycles. The monoisotopic (exact) mass is 268 g/mol. The van der Waals surface area contributed by atoms with Crippen LogP contribution in [0.3, 0.4) is 0 Å². The van der Waals surface area contributed by atoms with Gasteiger partial charge in [0, 0.05) is 30.3 Å². The van der Waals surface area contributed by atoms with Crippen LogP contribution in [0.15, 0.2) is 12.4 Å². The Labute approximate surface area is 111 Å². The van der Waals surface area contributed by atoms with E-state index in [1.54, 1.807) is 6.20 Å². The van der Waals surface area contributed by atoms with Crippen molar-refractivity contribution in [1.29, 1.82) is 0 Å². The summed E-state index contributed by atoms with van der Waals surface area (Å²) >= 11 is 0. The fraction of sp³-hybridized carbons (Fsp3) is 0.750. The van der Waals surface area contributed by atoms with Gasteiger partial charge in [-0.25, -0.2) is 4.98 Å². The van der Waals surface area contributed by atoms with Gasteiger partial charge in [-0.2, -0.15) is 0 Å². The summed E-state index contributed by atoms with van der Waals surface area (Å²) in [6.45, 7) is 1.39. The minimum absolute atomic E-state index is 0.0891. The summed E-state index contributed by atoms with van der Waals surface area (Å²) in [4.78, 5) is 17.3. The lowest BCUT2D eigenvalue weighted by Crippen LogP contribution is -2.57. The number of nitrogens with zero attached hydrogens (tertiary/aromatic N) is 2. The SMILES string of the molecule is CC([N+](=O)[O-])C(O)(NC1CCCCC1)c1ncc[nH]1. The molecule has 0 aliphatic heterocycles. The van der Waals surface area contributed by atoms with Crippen LogP contribution in [0.4, 0.5) is 0 Å². The highest BCUT2D eigenvalue weighted by molar-refractivity contribution is 5.04. The van der Waals surface area contributed by atoms with Crippen molar-refractivity contribution in [2.24, 2.45) is 0 Å². The van der Waals surface area contributed by atoms with Gasteiger partial charge in [-0.05, 0) is 12.8 Å². The van der Waals surface area contributed by atoms with Crippen molar-refractivity contribution in [2.45, 2.75) is 56.8 Å². The number of nitrogens with one attached hydrogen (secondary N) is 2. The Bertz CT molecular complexity index is 417. The van der Waals surface area contributed by atoms with E-state index in [-0.39, 0.29) is 11.9 Å². The lowest BCUT2D eigenvalue weighted by Gasteiger charge is -2.34. The minimum atomic E-state index is -1.75. The molecule has 0 bridgehead atoms. The van der Waals surface area contributed by atoms with Gasteiger partial charge in [0.05, 0.1) is 0 Å². The standard InChI is InChI=1S/C12H20N4O3/c1-9(16(18)19)12(17,11-13-7-8-14-11)15-10-5-3-2-4-6-10/h7-10,15,17H,2-6H2,1H3,(H,13,14). The number of aromatic nitrogens is 2. The third kappa shape index (κ3) is 2.93. The molecule has 7 heteroatoms. The molecule has 0 aromatic carbocycles. The first-order valence-electron chi connectivity index (χ1n) is 6.67. The zero-order chi connectivity index (χ0) is 13.9. The maximum atomic E-state index is 11.0. The van der Waals surface area contributed by atoms with Gasteiger partial charge < -0.3 is 10.1 Å². The van der Waals surface area contributed by atoms with Crippen molar-refractivity contribution in [3.05, 3.63) is 28.3 Å². The van der Waals surface area contributed by atoms with Crippen LogP contribution in [0.5, 0.6) is 0 Å². The highest BCUT2D eigenvalue weighted by Gasteiger charge is 2.47. The summed E-state index contributed by atoms with van der Waals surface area (Å²) in [7, 11) is 0. The number of rotatable bonds is 5. The van der Waals surface area contributed by atoms with Crippen LogP contribution in [-0.4, -0.2) is 32.1 Å². The first kappa shape index (κ1) is 14.0. The fourth-order valence-corrected chi connectivity index (χ4v) is 2.57. The molecule has 1 aromatic rings. The number of nitro groups is 1. The molecule has 7 nitrogen and oxygen atoms in total. The predicted octanol–water partition coefficient (Wildman–Crippen LogP) is 1.14. The number of hydrogen-bond donors (Lipinski definition) is 3. The van der Waals surface area contributed by atoms with Crippen molar-refractivity contribution in [3.8, 4) is 0 Å². The number of H-pyrrole nitrogens is 1. The van der Waals surface area contributed by atoms with Crippen molar-refractivity contribution >= 4 is 0 Å². The molecule has 0 saturated heterocycles. The molecule has 2 atom stereocenters. The molecule has 0 amide bonds. The summed E-state index contributed by atoms with van der Waals surface area (Å²) < 4.78 is 0. The second kappa shape index (κ2) is 5.66. The highest BCUT2D eigenvalue weighted by Crippen LogP contribution is 2.26. The van der Waals surface area contributed by atoms with Crippen LogP contribution in [0.1, 0.15) is 44.9 Å². The van der Waals surface area contributed by atoms with E-state index in [4.69, 9.17) is 0 Å². The molecular formula is C12H20N4O3. The van der Waals surface area contributed by atoms with Crippen LogP contribution >= 0.6 is 0 Å². The Morgan fingerprint density at radius 3 is 2.79 bits per heavy atom. The number of imidazole rings is 1. The molecule has 19 heavy (non-hydrogen) atoms. The van der Waals surface area contributed by atoms with E-state index in [2.05, 4.69) is 15.3 Å². The molecule has 1 fully saturated rings. The van der Waals surface area contributed by atoms with E-state index >= 15 is 0 Å². The van der Waals surface area contributed by atoms with Crippen LogP contribution in [0, 0.1) is 10.1 Å². The number of aromatic amines is 1.